The van der Waals surface area contributed by atoms with E-state index in [1.54, 1.807) is 10.9 Å². The Labute approximate surface area is 183 Å². The Morgan fingerprint density at radius 2 is 1.81 bits per heavy atom. The van der Waals surface area contributed by atoms with Gasteiger partial charge in [-0.25, -0.2) is 4.68 Å². The minimum atomic E-state index is -0.326. The summed E-state index contributed by atoms with van der Waals surface area (Å²) in [7, 11) is 0. The van der Waals surface area contributed by atoms with Crippen molar-refractivity contribution in [3.05, 3.63) is 83.2 Å². The molecule has 31 heavy (non-hydrogen) atoms. The second-order valence-corrected chi connectivity index (χ2v) is 8.45. The number of likely N-dealkylation sites (tertiary alicyclic amines) is 1. The van der Waals surface area contributed by atoms with E-state index in [4.69, 9.17) is 0 Å². The molecule has 0 saturated carbocycles. The number of rotatable bonds is 7. The normalized spacial score (nSPS) is 15.7. The van der Waals surface area contributed by atoms with E-state index >= 15 is 0 Å². The molecular weight excluding hydrogens is 388 g/mol. The van der Waals surface area contributed by atoms with Gasteiger partial charge in [-0.05, 0) is 55.2 Å². The average molecular weight is 419 g/mol. The Morgan fingerprint density at radius 3 is 2.55 bits per heavy atom. The molecule has 6 heteroatoms. The third-order valence-corrected chi connectivity index (χ3v) is 6.29. The molecule has 4 rings (SSSR count). The number of benzene rings is 2. The van der Waals surface area contributed by atoms with Gasteiger partial charge in [0.25, 0.3) is 5.91 Å². The predicted molar refractivity (Wildman–Crippen MR) is 120 cm³/mol. The van der Waals surface area contributed by atoms with Gasteiger partial charge in [-0.2, -0.15) is 0 Å². The molecule has 162 valence electrons. The minimum absolute atomic E-state index is 0.0757. The molecule has 0 spiro atoms. The summed E-state index contributed by atoms with van der Waals surface area (Å²) in [6, 6.07) is 18.4. The van der Waals surface area contributed by atoms with Crippen molar-refractivity contribution in [2.75, 3.05) is 13.1 Å². The van der Waals surface area contributed by atoms with Crippen LogP contribution in [0.3, 0.4) is 0 Å². The molecule has 2 heterocycles. The molecule has 1 aromatic heterocycles. The molecule has 1 amide bonds. The van der Waals surface area contributed by atoms with Crippen molar-refractivity contribution in [2.24, 2.45) is 5.92 Å². The molecule has 1 aliphatic rings. The maximum Gasteiger partial charge on any atom is 0.276 e. The highest BCUT2D eigenvalue weighted by molar-refractivity contribution is 5.92. The average Bonchev–Trinajstić information content (AvgIpc) is 3.28. The first-order chi connectivity index (χ1) is 15.1. The third kappa shape index (κ3) is 5.39. The first-order valence-electron chi connectivity index (χ1n) is 11.1. The maximum absolute atomic E-state index is 12.9. The minimum Gasteiger partial charge on any atom is -0.393 e. The van der Waals surface area contributed by atoms with E-state index in [0.717, 1.165) is 31.2 Å². The summed E-state index contributed by atoms with van der Waals surface area (Å²) < 4.78 is 1.72. The Balaban J connectivity index is 1.27. The van der Waals surface area contributed by atoms with Gasteiger partial charge in [-0.15, -0.1) is 5.10 Å². The number of hydrogen-bond donors (Lipinski definition) is 1. The van der Waals surface area contributed by atoms with Gasteiger partial charge in [0.05, 0.1) is 18.8 Å². The van der Waals surface area contributed by atoms with E-state index in [2.05, 4.69) is 41.5 Å². The zero-order valence-corrected chi connectivity index (χ0v) is 18.0. The van der Waals surface area contributed by atoms with Gasteiger partial charge in [0.15, 0.2) is 5.69 Å². The fraction of sp³-hybridized carbons (Fsp3) is 0.400. The summed E-state index contributed by atoms with van der Waals surface area (Å²) >= 11 is 0. The lowest BCUT2D eigenvalue weighted by Gasteiger charge is -2.34. The molecule has 0 aliphatic carbocycles. The summed E-state index contributed by atoms with van der Waals surface area (Å²) in [5.41, 5.74) is 4.00. The smallest absolute Gasteiger partial charge is 0.276 e. The summed E-state index contributed by atoms with van der Waals surface area (Å²) in [6.45, 7) is 3.96. The van der Waals surface area contributed by atoms with E-state index in [0.29, 0.717) is 25.3 Å². The second-order valence-electron chi connectivity index (χ2n) is 8.45. The Hall–Kier alpha value is -2.99. The number of aliphatic hydroxyl groups is 1. The number of aliphatic hydroxyl groups excluding tert-OH is 1. The number of aryl methyl sites for hydroxylation is 2. The molecule has 2 aromatic carbocycles. The topological polar surface area (TPSA) is 71.2 Å². The Morgan fingerprint density at radius 1 is 1.10 bits per heavy atom. The monoisotopic (exact) mass is 418 g/mol. The van der Waals surface area contributed by atoms with E-state index < -0.39 is 0 Å². The predicted octanol–water partition coefficient (Wildman–Crippen LogP) is 3.48. The van der Waals surface area contributed by atoms with E-state index in [9.17, 15) is 9.90 Å². The summed E-state index contributed by atoms with van der Waals surface area (Å²) in [4.78, 5) is 14.7. The number of aromatic nitrogens is 3. The van der Waals surface area contributed by atoms with Crippen molar-refractivity contribution in [1.82, 2.24) is 19.9 Å². The summed E-state index contributed by atoms with van der Waals surface area (Å²) in [5.74, 6) is 0.165. The van der Waals surface area contributed by atoms with Gasteiger partial charge in [-0.1, -0.05) is 59.8 Å². The summed E-state index contributed by atoms with van der Waals surface area (Å²) in [6.07, 6.45) is 4.68. The van der Waals surface area contributed by atoms with Crippen LogP contribution in [0.4, 0.5) is 0 Å². The van der Waals surface area contributed by atoms with Crippen LogP contribution in [0.5, 0.6) is 0 Å². The number of carbonyl (C=O) groups excluding carboxylic acids is 1. The molecule has 3 aromatic rings. The van der Waals surface area contributed by atoms with E-state index in [-0.39, 0.29) is 17.9 Å². The van der Waals surface area contributed by atoms with Crippen LogP contribution in [0.15, 0.2) is 60.8 Å². The van der Waals surface area contributed by atoms with Gasteiger partial charge in [0.2, 0.25) is 0 Å². The molecule has 1 unspecified atom stereocenters. The number of carbonyl (C=O) groups is 1. The van der Waals surface area contributed by atoms with Crippen LogP contribution in [0.1, 0.15) is 46.4 Å². The highest BCUT2D eigenvalue weighted by atomic mass is 16.3. The van der Waals surface area contributed by atoms with Crippen molar-refractivity contribution in [3.63, 3.8) is 0 Å². The summed E-state index contributed by atoms with van der Waals surface area (Å²) in [5, 5.41) is 18.9. The molecule has 6 nitrogen and oxygen atoms in total. The van der Waals surface area contributed by atoms with Crippen molar-refractivity contribution in [2.45, 2.75) is 45.3 Å². The van der Waals surface area contributed by atoms with Gasteiger partial charge in [0, 0.05) is 13.1 Å². The molecule has 1 atom stereocenters. The lowest BCUT2D eigenvalue weighted by atomic mass is 9.88. The number of amides is 1. The lowest BCUT2D eigenvalue weighted by Crippen LogP contribution is -2.41. The Kier molecular flexibility index (Phi) is 6.77. The first-order valence-corrected chi connectivity index (χ1v) is 11.1. The van der Waals surface area contributed by atoms with E-state index in [1.807, 2.05) is 35.2 Å². The van der Waals surface area contributed by atoms with Gasteiger partial charge in [0.1, 0.15) is 0 Å². The third-order valence-electron chi connectivity index (χ3n) is 6.29. The fourth-order valence-electron chi connectivity index (χ4n) is 4.28. The van der Waals surface area contributed by atoms with Crippen LogP contribution in [0, 0.1) is 12.8 Å². The highest BCUT2D eigenvalue weighted by Crippen LogP contribution is 2.24. The van der Waals surface area contributed by atoms with Crippen molar-refractivity contribution < 1.29 is 9.90 Å². The molecule has 0 bridgehead atoms. The molecule has 1 fully saturated rings. The molecular formula is C25H30N4O2. The fourth-order valence-corrected chi connectivity index (χ4v) is 4.28. The van der Waals surface area contributed by atoms with Crippen LogP contribution in [-0.4, -0.2) is 50.1 Å². The van der Waals surface area contributed by atoms with Crippen molar-refractivity contribution in [3.8, 4) is 0 Å². The molecule has 1 saturated heterocycles. The first kappa shape index (κ1) is 21.2. The van der Waals surface area contributed by atoms with Crippen molar-refractivity contribution >= 4 is 5.91 Å². The van der Waals surface area contributed by atoms with Crippen LogP contribution < -0.4 is 0 Å². The van der Waals surface area contributed by atoms with Gasteiger partial charge < -0.3 is 10.0 Å². The Bertz CT molecular complexity index is 994. The SMILES string of the molecule is Cc1ccccc1Cn1cc(C(=O)N2CCC(C(O)CCc3ccccc3)CC2)nn1. The van der Waals surface area contributed by atoms with Crippen LogP contribution >= 0.6 is 0 Å². The number of hydrogen-bond acceptors (Lipinski definition) is 4. The van der Waals surface area contributed by atoms with Crippen LogP contribution in [0.2, 0.25) is 0 Å². The van der Waals surface area contributed by atoms with Gasteiger partial charge >= 0.3 is 0 Å². The van der Waals surface area contributed by atoms with E-state index in [1.165, 1.54) is 11.1 Å². The standard InChI is InChI=1S/C25H30N4O2/c1-19-7-5-6-10-22(19)17-29-18-23(26-27-29)25(31)28-15-13-21(14-16-28)24(30)12-11-20-8-3-2-4-9-20/h2-10,18,21,24,30H,11-17H2,1H3. The number of piperidine rings is 1. The van der Waals surface area contributed by atoms with Crippen LogP contribution in [-0.2, 0) is 13.0 Å². The van der Waals surface area contributed by atoms with Crippen LogP contribution in [0.25, 0.3) is 0 Å². The molecule has 1 N–H and O–H groups in total. The van der Waals surface area contributed by atoms with Crippen molar-refractivity contribution in [1.29, 1.82) is 0 Å². The second kappa shape index (κ2) is 9.88. The quantitative estimate of drug-likeness (QED) is 0.638. The molecule has 1 aliphatic heterocycles. The zero-order chi connectivity index (χ0) is 21.6. The highest BCUT2D eigenvalue weighted by Gasteiger charge is 2.28. The van der Waals surface area contributed by atoms with Gasteiger partial charge in [-0.3, -0.25) is 4.79 Å². The maximum atomic E-state index is 12.9. The molecule has 0 radical (unpaired) electrons. The number of nitrogens with zero attached hydrogens (tertiary/aromatic N) is 4. The lowest BCUT2D eigenvalue weighted by molar-refractivity contribution is 0.0433. The zero-order valence-electron chi connectivity index (χ0n) is 18.0. The largest absolute Gasteiger partial charge is 0.393 e.